The first-order valence-electron chi connectivity index (χ1n) is 7.47. The van der Waals surface area contributed by atoms with Gasteiger partial charge < -0.3 is 4.74 Å². The Morgan fingerprint density at radius 1 is 1.08 bits per heavy atom. The van der Waals surface area contributed by atoms with Gasteiger partial charge in [-0.15, -0.1) is 0 Å². The Balaban J connectivity index is 2.45. The minimum Gasteiger partial charge on any atom is -0.424 e. The zero-order valence-corrected chi connectivity index (χ0v) is 13.6. The minimum absolute atomic E-state index is 0.151. The normalized spacial score (nSPS) is 10.6. The fraction of sp³-hybridized carbons (Fsp3) is 0.111. The molecule has 0 N–H and O–H groups in total. The van der Waals surface area contributed by atoms with Gasteiger partial charge in [0.1, 0.15) is 0 Å². The number of nitro benzene ring substituents is 1. The van der Waals surface area contributed by atoms with Crippen molar-refractivity contribution in [2.75, 3.05) is 0 Å². The van der Waals surface area contributed by atoms with Crippen molar-refractivity contribution in [1.82, 2.24) is 4.57 Å². The van der Waals surface area contributed by atoms with Gasteiger partial charge in [0.2, 0.25) is 5.91 Å². The van der Waals surface area contributed by atoms with E-state index in [9.17, 15) is 19.7 Å². The van der Waals surface area contributed by atoms with E-state index >= 15 is 0 Å². The number of benzene rings is 2. The molecule has 0 amide bonds. The van der Waals surface area contributed by atoms with Gasteiger partial charge in [-0.3, -0.25) is 24.3 Å². The van der Waals surface area contributed by atoms with E-state index in [1.54, 1.807) is 24.3 Å². The predicted molar refractivity (Wildman–Crippen MR) is 91.6 cm³/mol. The molecule has 0 aliphatic heterocycles. The van der Waals surface area contributed by atoms with Crippen LogP contribution < -0.4 is 4.74 Å². The van der Waals surface area contributed by atoms with Crippen molar-refractivity contribution in [3.05, 3.63) is 58.6 Å². The molecule has 0 saturated heterocycles. The van der Waals surface area contributed by atoms with Gasteiger partial charge in [0.15, 0.2) is 5.75 Å². The summed E-state index contributed by atoms with van der Waals surface area (Å²) in [5.41, 5.74) is 1.21. The largest absolute Gasteiger partial charge is 0.424 e. The molecule has 1 heterocycles. The molecule has 7 heteroatoms. The van der Waals surface area contributed by atoms with E-state index in [0.29, 0.717) is 22.2 Å². The molecule has 25 heavy (non-hydrogen) atoms. The molecule has 0 spiro atoms. The van der Waals surface area contributed by atoms with Gasteiger partial charge in [0.25, 0.3) is 5.69 Å². The summed E-state index contributed by atoms with van der Waals surface area (Å²) in [6.07, 6.45) is 0. The summed E-state index contributed by atoms with van der Waals surface area (Å²) in [6.45, 7) is 2.61. The standard InChI is InChI=1S/C18H14N2O5/c1-11(21)19-16-10-14(20(23)24)8-9-15(16)18(25-12(2)22)17(19)13-6-4-3-5-7-13/h3-10H,1-2H3. The van der Waals surface area contributed by atoms with Crippen LogP contribution in [0.3, 0.4) is 0 Å². The lowest BCUT2D eigenvalue weighted by molar-refractivity contribution is -0.384. The van der Waals surface area contributed by atoms with E-state index in [4.69, 9.17) is 4.74 Å². The number of hydrogen-bond donors (Lipinski definition) is 0. The molecule has 0 atom stereocenters. The number of ether oxygens (including phenoxy) is 1. The van der Waals surface area contributed by atoms with Gasteiger partial charge in [-0.1, -0.05) is 30.3 Å². The average Bonchev–Trinajstić information content (AvgIpc) is 2.88. The van der Waals surface area contributed by atoms with Crippen molar-refractivity contribution in [3.8, 4) is 17.0 Å². The lowest BCUT2D eigenvalue weighted by Gasteiger charge is -2.09. The number of aromatic nitrogens is 1. The summed E-state index contributed by atoms with van der Waals surface area (Å²) in [5, 5.41) is 11.5. The van der Waals surface area contributed by atoms with Crippen molar-refractivity contribution in [2.45, 2.75) is 13.8 Å². The molecule has 3 aromatic rings. The van der Waals surface area contributed by atoms with Crippen LogP contribution in [0.5, 0.6) is 5.75 Å². The Kier molecular flexibility index (Phi) is 4.06. The van der Waals surface area contributed by atoms with Crippen molar-refractivity contribution >= 4 is 28.5 Å². The maximum absolute atomic E-state index is 12.3. The topological polar surface area (TPSA) is 91.4 Å². The van der Waals surface area contributed by atoms with Crippen molar-refractivity contribution < 1.29 is 19.2 Å². The second kappa shape index (κ2) is 6.20. The van der Waals surface area contributed by atoms with Gasteiger partial charge in [0.05, 0.1) is 16.1 Å². The van der Waals surface area contributed by atoms with E-state index in [-0.39, 0.29) is 17.3 Å². The van der Waals surface area contributed by atoms with Crippen LogP contribution in [0, 0.1) is 10.1 Å². The van der Waals surface area contributed by atoms with Gasteiger partial charge >= 0.3 is 5.97 Å². The first-order chi connectivity index (χ1) is 11.9. The van der Waals surface area contributed by atoms with E-state index in [1.165, 1.54) is 36.6 Å². The Labute approximate surface area is 142 Å². The third-order valence-corrected chi connectivity index (χ3v) is 3.72. The van der Waals surface area contributed by atoms with Crippen LogP contribution in [0.25, 0.3) is 22.2 Å². The number of carbonyl (C=O) groups excluding carboxylic acids is 2. The van der Waals surface area contributed by atoms with Gasteiger partial charge in [-0.25, -0.2) is 0 Å². The summed E-state index contributed by atoms with van der Waals surface area (Å²) in [6, 6.07) is 13.0. The Morgan fingerprint density at radius 2 is 1.76 bits per heavy atom. The van der Waals surface area contributed by atoms with Crippen LogP contribution in [0.15, 0.2) is 48.5 Å². The van der Waals surface area contributed by atoms with Crippen LogP contribution in [0.2, 0.25) is 0 Å². The fourth-order valence-electron chi connectivity index (χ4n) is 2.79. The first-order valence-corrected chi connectivity index (χ1v) is 7.47. The molecular formula is C18H14N2O5. The average molecular weight is 338 g/mol. The maximum Gasteiger partial charge on any atom is 0.308 e. The van der Waals surface area contributed by atoms with Gasteiger partial charge in [-0.2, -0.15) is 0 Å². The number of fused-ring (bicyclic) bond motifs is 1. The number of carbonyl (C=O) groups is 2. The third kappa shape index (κ3) is 2.87. The quantitative estimate of drug-likeness (QED) is 0.411. The molecule has 0 fully saturated rings. The molecule has 0 aliphatic carbocycles. The number of nitro groups is 1. The second-order valence-electron chi connectivity index (χ2n) is 5.45. The molecular weight excluding hydrogens is 324 g/mol. The highest BCUT2D eigenvalue weighted by Gasteiger charge is 2.25. The molecule has 0 unspecified atom stereocenters. The van der Waals surface area contributed by atoms with E-state index in [0.717, 1.165) is 0 Å². The van der Waals surface area contributed by atoms with Crippen LogP contribution >= 0.6 is 0 Å². The zero-order valence-electron chi connectivity index (χ0n) is 13.6. The first kappa shape index (κ1) is 16.4. The van der Waals surface area contributed by atoms with E-state index < -0.39 is 10.9 Å². The highest BCUT2D eigenvalue weighted by atomic mass is 16.6. The summed E-state index contributed by atoms with van der Waals surface area (Å²) < 4.78 is 6.69. The molecule has 0 radical (unpaired) electrons. The third-order valence-electron chi connectivity index (χ3n) is 3.72. The maximum atomic E-state index is 12.3. The summed E-state index contributed by atoms with van der Waals surface area (Å²) in [5.74, 6) is -0.681. The summed E-state index contributed by atoms with van der Waals surface area (Å²) in [4.78, 5) is 34.4. The number of nitrogens with zero attached hydrogens (tertiary/aromatic N) is 2. The summed E-state index contributed by atoms with van der Waals surface area (Å²) >= 11 is 0. The Morgan fingerprint density at radius 3 is 2.32 bits per heavy atom. The molecule has 126 valence electrons. The van der Waals surface area contributed by atoms with Crippen LogP contribution in [0.1, 0.15) is 18.6 Å². The number of rotatable bonds is 3. The lowest BCUT2D eigenvalue weighted by Crippen LogP contribution is -2.08. The molecule has 0 saturated carbocycles. The number of esters is 1. The zero-order chi connectivity index (χ0) is 18.1. The van der Waals surface area contributed by atoms with Crippen LogP contribution in [-0.4, -0.2) is 21.4 Å². The predicted octanol–water partition coefficient (Wildman–Crippen LogP) is 3.80. The lowest BCUT2D eigenvalue weighted by atomic mass is 10.1. The van der Waals surface area contributed by atoms with E-state index in [1.807, 2.05) is 6.07 Å². The minimum atomic E-state index is -0.543. The second-order valence-corrected chi connectivity index (χ2v) is 5.45. The smallest absolute Gasteiger partial charge is 0.308 e. The van der Waals surface area contributed by atoms with Crippen LogP contribution in [-0.2, 0) is 4.79 Å². The SMILES string of the molecule is CC(=O)Oc1c(-c2ccccc2)n(C(C)=O)c2cc([N+](=O)[O-])ccc12. The monoisotopic (exact) mass is 338 g/mol. The molecule has 0 aliphatic rings. The fourth-order valence-corrected chi connectivity index (χ4v) is 2.79. The van der Waals surface area contributed by atoms with Crippen molar-refractivity contribution in [3.63, 3.8) is 0 Å². The molecule has 3 rings (SSSR count). The highest BCUT2D eigenvalue weighted by Crippen LogP contribution is 2.41. The van der Waals surface area contributed by atoms with Crippen molar-refractivity contribution in [2.24, 2.45) is 0 Å². The van der Waals surface area contributed by atoms with Gasteiger partial charge in [-0.05, 0) is 6.07 Å². The molecule has 0 bridgehead atoms. The van der Waals surface area contributed by atoms with E-state index in [2.05, 4.69) is 0 Å². The van der Waals surface area contributed by atoms with Crippen molar-refractivity contribution in [1.29, 1.82) is 0 Å². The number of non-ortho nitro benzene ring substituents is 1. The van der Waals surface area contributed by atoms with Crippen LogP contribution in [0.4, 0.5) is 5.69 Å². The molecule has 1 aromatic heterocycles. The Hall–Kier alpha value is -3.48. The molecule has 7 nitrogen and oxygen atoms in total. The summed E-state index contributed by atoms with van der Waals surface area (Å²) in [7, 11) is 0. The van der Waals surface area contributed by atoms with Gasteiger partial charge in [0, 0.05) is 36.9 Å². The molecule has 2 aromatic carbocycles. The Bertz CT molecular complexity index is 1010. The number of hydrogen-bond acceptors (Lipinski definition) is 5. The highest BCUT2D eigenvalue weighted by molar-refractivity contribution is 6.04.